The van der Waals surface area contributed by atoms with Crippen LogP contribution in [0.5, 0.6) is 5.88 Å². The van der Waals surface area contributed by atoms with Crippen LogP contribution in [0, 0.1) is 40.9 Å². The van der Waals surface area contributed by atoms with Crippen LogP contribution in [0.1, 0.15) is 44.1 Å². The summed E-state index contributed by atoms with van der Waals surface area (Å²) in [6.45, 7) is 1.46. The summed E-state index contributed by atoms with van der Waals surface area (Å²) in [5, 5.41) is 8.84. The number of likely N-dealkylation sites (tertiary alicyclic amines) is 1. The molecule has 5 nitrogen and oxygen atoms in total. The molecule has 1 amide bonds. The molecule has 0 aromatic carbocycles. The Morgan fingerprint density at radius 3 is 2.50 bits per heavy atom. The predicted octanol–water partition coefficient (Wildman–Crippen LogP) is 3.01. The highest BCUT2D eigenvalue weighted by Crippen LogP contribution is 2.57. The number of carbonyl (C=O) groups is 1. The quantitative estimate of drug-likeness (QED) is 0.840. The van der Waals surface area contributed by atoms with Crippen LogP contribution in [-0.2, 0) is 4.79 Å². The van der Waals surface area contributed by atoms with Gasteiger partial charge >= 0.3 is 0 Å². The molecule has 4 aliphatic carbocycles. The SMILES string of the molecule is N#Cc1ccc(OC2CCN(C(=O)C3C4CC5CC(C4)CC3C5)C2)nc1. The molecule has 26 heavy (non-hydrogen) atoms. The molecule has 0 spiro atoms. The molecule has 1 atom stereocenters. The van der Waals surface area contributed by atoms with Gasteiger partial charge in [-0.3, -0.25) is 4.79 Å². The van der Waals surface area contributed by atoms with Crippen LogP contribution >= 0.6 is 0 Å². The Labute approximate surface area is 154 Å². The van der Waals surface area contributed by atoms with Crippen LogP contribution in [0.3, 0.4) is 0 Å². The molecule has 5 heteroatoms. The molecule has 1 aromatic heterocycles. The van der Waals surface area contributed by atoms with Crippen LogP contribution < -0.4 is 4.74 Å². The van der Waals surface area contributed by atoms with Crippen LogP contribution in [0.25, 0.3) is 0 Å². The van der Waals surface area contributed by atoms with E-state index >= 15 is 0 Å². The average Bonchev–Trinajstić information content (AvgIpc) is 3.10. The Morgan fingerprint density at radius 1 is 1.15 bits per heavy atom. The Balaban J connectivity index is 1.22. The maximum Gasteiger partial charge on any atom is 0.226 e. The van der Waals surface area contributed by atoms with Gasteiger partial charge in [-0.2, -0.15) is 5.26 Å². The number of rotatable bonds is 3. The lowest BCUT2D eigenvalue weighted by Crippen LogP contribution is -2.51. The van der Waals surface area contributed by atoms with Crippen molar-refractivity contribution in [3.05, 3.63) is 23.9 Å². The number of hydrogen-bond donors (Lipinski definition) is 0. The second-order valence-electron chi connectivity index (χ2n) is 8.77. The van der Waals surface area contributed by atoms with E-state index in [1.807, 2.05) is 4.90 Å². The van der Waals surface area contributed by atoms with Gasteiger partial charge in [-0.25, -0.2) is 4.98 Å². The third kappa shape index (κ3) is 2.76. The molecule has 6 rings (SSSR count). The summed E-state index contributed by atoms with van der Waals surface area (Å²) in [6, 6.07) is 5.51. The van der Waals surface area contributed by atoms with E-state index in [2.05, 4.69) is 11.1 Å². The number of amides is 1. The summed E-state index contributed by atoms with van der Waals surface area (Å²) in [5.74, 6) is 4.28. The van der Waals surface area contributed by atoms with Gasteiger partial charge < -0.3 is 9.64 Å². The zero-order valence-electron chi connectivity index (χ0n) is 15.0. The number of carbonyl (C=O) groups excluding carboxylic acids is 1. The van der Waals surface area contributed by atoms with Crippen molar-refractivity contribution in [2.45, 2.75) is 44.6 Å². The largest absolute Gasteiger partial charge is 0.472 e. The summed E-state index contributed by atoms with van der Waals surface area (Å²) in [4.78, 5) is 19.5. The zero-order valence-corrected chi connectivity index (χ0v) is 15.0. The topological polar surface area (TPSA) is 66.2 Å². The smallest absolute Gasteiger partial charge is 0.226 e. The van der Waals surface area contributed by atoms with Crippen molar-refractivity contribution < 1.29 is 9.53 Å². The molecule has 2 heterocycles. The molecule has 5 aliphatic rings. The molecule has 136 valence electrons. The monoisotopic (exact) mass is 351 g/mol. The van der Waals surface area contributed by atoms with Crippen molar-refractivity contribution in [3.8, 4) is 11.9 Å². The van der Waals surface area contributed by atoms with E-state index in [1.54, 1.807) is 12.1 Å². The molecule has 4 bridgehead atoms. The first kappa shape index (κ1) is 16.1. The van der Waals surface area contributed by atoms with Crippen molar-refractivity contribution in [1.82, 2.24) is 9.88 Å². The zero-order chi connectivity index (χ0) is 17.7. The number of aromatic nitrogens is 1. The van der Waals surface area contributed by atoms with Crippen molar-refractivity contribution in [2.24, 2.45) is 29.6 Å². The van der Waals surface area contributed by atoms with Gasteiger partial charge in [0.2, 0.25) is 11.8 Å². The van der Waals surface area contributed by atoms with E-state index in [0.29, 0.717) is 35.7 Å². The van der Waals surface area contributed by atoms with Crippen LogP contribution in [0.4, 0.5) is 0 Å². The summed E-state index contributed by atoms with van der Waals surface area (Å²) >= 11 is 0. The first-order chi connectivity index (χ1) is 12.7. The lowest BCUT2D eigenvalue weighted by Gasteiger charge is -2.54. The minimum Gasteiger partial charge on any atom is -0.472 e. The van der Waals surface area contributed by atoms with Crippen LogP contribution in [0.2, 0.25) is 0 Å². The molecular formula is C21H25N3O2. The Bertz CT molecular complexity index is 711. The molecule has 1 unspecified atom stereocenters. The summed E-state index contributed by atoms with van der Waals surface area (Å²) in [7, 11) is 0. The standard InChI is InChI=1S/C21H25N3O2/c22-10-13-1-2-19(23-11-13)26-18-3-4-24(12-18)21(25)20-16-6-14-5-15(8-16)9-17(20)7-14/h1-2,11,14-18,20H,3-9,12H2. The Hall–Kier alpha value is -2.09. The molecule has 1 aromatic rings. The second-order valence-corrected chi connectivity index (χ2v) is 8.77. The minimum atomic E-state index is 0.0104. The lowest BCUT2D eigenvalue weighted by atomic mass is 9.51. The van der Waals surface area contributed by atoms with Gasteiger partial charge in [0, 0.05) is 31.1 Å². The van der Waals surface area contributed by atoms with Gasteiger partial charge in [-0.1, -0.05) is 0 Å². The van der Waals surface area contributed by atoms with Crippen molar-refractivity contribution in [3.63, 3.8) is 0 Å². The maximum atomic E-state index is 13.2. The van der Waals surface area contributed by atoms with Gasteiger partial charge in [-0.15, -0.1) is 0 Å². The molecule has 0 N–H and O–H groups in total. The number of ether oxygens (including phenoxy) is 1. The van der Waals surface area contributed by atoms with E-state index in [-0.39, 0.29) is 12.0 Å². The fourth-order valence-electron chi connectivity index (χ4n) is 6.25. The van der Waals surface area contributed by atoms with Crippen LogP contribution in [-0.4, -0.2) is 35.0 Å². The number of nitriles is 1. The number of nitrogens with zero attached hydrogens (tertiary/aromatic N) is 3. The van der Waals surface area contributed by atoms with E-state index in [0.717, 1.165) is 24.8 Å². The molecule has 5 fully saturated rings. The van der Waals surface area contributed by atoms with E-state index in [1.165, 1.54) is 38.3 Å². The normalized spacial score (nSPS) is 37.6. The number of hydrogen-bond acceptors (Lipinski definition) is 4. The Morgan fingerprint density at radius 2 is 1.88 bits per heavy atom. The van der Waals surface area contributed by atoms with Gasteiger partial charge in [-0.05, 0) is 61.8 Å². The fraction of sp³-hybridized carbons (Fsp3) is 0.667. The molecular weight excluding hydrogens is 326 g/mol. The first-order valence-electron chi connectivity index (χ1n) is 10.0. The third-order valence-electron chi connectivity index (χ3n) is 7.12. The van der Waals surface area contributed by atoms with E-state index < -0.39 is 0 Å². The molecule has 1 saturated heterocycles. The maximum absolute atomic E-state index is 13.2. The van der Waals surface area contributed by atoms with Crippen molar-refractivity contribution >= 4 is 5.91 Å². The minimum absolute atomic E-state index is 0.0104. The average molecular weight is 351 g/mol. The van der Waals surface area contributed by atoms with Crippen molar-refractivity contribution in [1.29, 1.82) is 5.26 Å². The summed E-state index contributed by atoms with van der Waals surface area (Å²) in [6.07, 6.45) is 8.96. The Kier molecular flexibility index (Phi) is 3.88. The third-order valence-corrected chi connectivity index (χ3v) is 7.12. The highest BCUT2D eigenvalue weighted by Gasteiger charge is 2.52. The summed E-state index contributed by atoms with van der Waals surface area (Å²) < 4.78 is 5.95. The van der Waals surface area contributed by atoms with Gasteiger partial charge in [0.25, 0.3) is 0 Å². The highest BCUT2D eigenvalue weighted by atomic mass is 16.5. The van der Waals surface area contributed by atoms with Gasteiger partial charge in [0.15, 0.2) is 0 Å². The molecule has 4 saturated carbocycles. The van der Waals surface area contributed by atoms with E-state index in [9.17, 15) is 4.79 Å². The van der Waals surface area contributed by atoms with Gasteiger partial charge in [0.1, 0.15) is 12.2 Å². The predicted molar refractivity (Wildman–Crippen MR) is 95.1 cm³/mol. The first-order valence-corrected chi connectivity index (χ1v) is 10.0. The molecule has 1 aliphatic heterocycles. The lowest BCUT2D eigenvalue weighted by molar-refractivity contribution is -0.148. The number of pyridine rings is 1. The fourth-order valence-corrected chi connectivity index (χ4v) is 6.25. The molecule has 0 radical (unpaired) electrons. The van der Waals surface area contributed by atoms with Crippen LogP contribution in [0.15, 0.2) is 18.3 Å². The second kappa shape index (κ2) is 6.26. The summed E-state index contributed by atoms with van der Waals surface area (Å²) in [5.41, 5.74) is 0.530. The van der Waals surface area contributed by atoms with E-state index in [4.69, 9.17) is 10.00 Å². The van der Waals surface area contributed by atoms with Crippen molar-refractivity contribution in [2.75, 3.05) is 13.1 Å². The van der Waals surface area contributed by atoms with Gasteiger partial charge in [0.05, 0.1) is 12.1 Å². The highest BCUT2D eigenvalue weighted by molar-refractivity contribution is 5.80.